The van der Waals surface area contributed by atoms with Gasteiger partial charge in [0.25, 0.3) is 5.91 Å². The average Bonchev–Trinajstić information content (AvgIpc) is 3.24. The molecule has 4 aromatic rings. The van der Waals surface area contributed by atoms with Crippen LogP contribution in [0.2, 0.25) is 0 Å². The molecule has 0 unspecified atom stereocenters. The molecular weight excluding hydrogens is 540 g/mol. The summed E-state index contributed by atoms with van der Waals surface area (Å²) in [6.45, 7) is -0.517. The van der Waals surface area contributed by atoms with Crippen LogP contribution in [0.5, 0.6) is 0 Å². The number of amides is 2. The summed E-state index contributed by atoms with van der Waals surface area (Å²) in [7, 11) is 0. The molecule has 4 rings (SSSR count). The fourth-order valence-electron chi connectivity index (χ4n) is 3.70. The third-order valence-electron chi connectivity index (χ3n) is 5.38. The summed E-state index contributed by atoms with van der Waals surface area (Å²) < 4.78 is 58.0. The van der Waals surface area contributed by atoms with Crippen LogP contribution in [0.1, 0.15) is 15.9 Å². The maximum absolute atomic E-state index is 14.1. The second-order valence-corrected chi connectivity index (χ2v) is 9.19. The fraction of sp³-hybridized carbons (Fsp3) is 0.115. The number of hydrogen-bond acceptors (Lipinski definition) is 6. The molecule has 4 N–H and O–H groups in total. The van der Waals surface area contributed by atoms with Crippen molar-refractivity contribution < 1.29 is 36.7 Å². The third kappa shape index (κ3) is 6.94. The molecule has 202 valence electrons. The van der Waals surface area contributed by atoms with Gasteiger partial charge in [0.2, 0.25) is 0 Å². The van der Waals surface area contributed by atoms with Crippen molar-refractivity contribution in [2.24, 2.45) is 5.73 Å². The van der Waals surface area contributed by atoms with Crippen molar-refractivity contribution in [3.63, 3.8) is 0 Å². The van der Waals surface area contributed by atoms with E-state index in [4.69, 9.17) is 10.5 Å². The largest absolute Gasteiger partial charge is 0.460 e. The second-order valence-electron chi connectivity index (χ2n) is 8.05. The van der Waals surface area contributed by atoms with E-state index < -0.39 is 29.2 Å². The highest BCUT2D eigenvalue weighted by molar-refractivity contribution is 8.00. The molecule has 3 aromatic carbocycles. The average molecular weight is 561 g/mol. The van der Waals surface area contributed by atoms with Crippen LogP contribution in [0.15, 0.2) is 77.8 Å². The van der Waals surface area contributed by atoms with E-state index in [1.165, 1.54) is 47.2 Å². The first-order valence-electron chi connectivity index (χ1n) is 11.3. The lowest BCUT2D eigenvalue weighted by Gasteiger charge is -2.10. The van der Waals surface area contributed by atoms with Crippen molar-refractivity contribution in [3.8, 4) is 0 Å². The van der Waals surface area contributed by atoms with Gasteiger partial charge >= 0.3 is 17.5 Å². The highest BCUT2D eigenvalue weighted by Gasteiger charge is 2.29. The van der Waals surface area contributed by atoms with Crippen molar-refractivity contribution in [2.45, 2.75) is 17.0 Å². The normalized spacial score (nSPS) is 11.3. The number of anilines is 2. The van der Waals surface area contributed by atoms with Crippen LogP contribution in [-0.4, -0.2) is 34.5 Å². The topological polar surface area (TPSA) is 115 Å². The monoisotopic (exact) mass is 560 g/mol. The molecule has 0 radical (unpaired) electrons. The molecule has 0 aliphatic rings. The molecule has 0 saturated heterocycles. The van der Waals surface area contributed by atoms with Gasteiger partial charge < -0.3 is 21.1 Å². The van der Waals surface area contributed by atoms with Gasteiger partial charge in [-0.1, -0.05) is 18.2 Å². The van der Waals surface area contributed by atoms with Crippen LogP contribution >= 0.6 is 11.8 Å². The summed E-state index contributed by atoms with van der Waals surface area (Å²) in [6.07, 6.45) is 1.32. The van der Waals surface area contributed by atoms with Crippen LogP contribution in [0.25, 0.3) is 10.9 Å². The summed E-state index contributed by atoms with van der Waals surface area (Å²) >= 11 is -0.285. The lowest BCUT2D eigenvalue weighted by Crippen LogP contribution is -2.19. The van der Waals surface area contributed by atoms with Gasteiger partial charge in [0, 0.05) is 33.3 Å². The number of rotatable bonds is 7. The molecule has 0 aliphatic carbocycles. The van der Waals surface area contributed by atoms with Crippen LogP contribution in [0.3, 0.4) is 0 Å². The number of carbonyl (C=O) groups is 3. The number of carbonyl (C=O) groups excluding carboxylic acids is 3. The maximum atomic E-state index is 14.1. The number of aromatic nitrogens is 1. The number of alkyl halides is 3. The Morgan fingerprint density at radius 2 is 1.69 bits per heavy atom. The lowest BCUT2D eigenvalue weighted by atomic mass is 10.1. The molecule has 0 spiro atoms. The predicted molar refractivity (Wildman–Crippen MR) is 138 cm³/mol. The number of ether oxygens (including phenoxy) is 1. The molecule has 0 fully saturated rings. The summed E-state index contributed by atoms with van der Waals surface area (Å²) in [6, 6.07) is 14.3. The minimum Gasteiger partial charge on any atom is -0.460 e. The Hall–Kier alpha value is -4.36. The number of fused-ring (bicyclic) bond motifs is 1. The van der Waals surface area contributed by atoms with Gasteiger partial charge in [0.05, 0.1) is 17.7 Å². The molecule has 39 heavy (non-hydrogen) atoms. The standard InChI is InChI=1S/C26H20F4N4O4S/c27-16-5-10-22-20(11-16)21(33-25(37)32-17-6-8-18(9-7-17)39-26(28,29)30)13-34(22)24(36)19-4-2-1-3-15(19)14-38-23(35)12-31/h1-11,13H,12,14,31H2,(H2,32,33,37). The Morgan fingerprint density at radius 3 is 2.38 bits per heavy atom. The number of hydrogen-bond donors (Lipinski definition) is 3. The van der Waals surface area contributed by atoms with Crippen LogP contribution in [-0.2, 0) is 16.1 Å². The number of nitrogens with zero attached hydrogens (tertiary/aromatic N) is 1. The van der Waals surface area contributed by atoms with Gasteiger partial charge in [-0.15, -0.1) is 0 Å². The van der Waals surface area contributed by atoms with Crippen LogP contribution < -0.4 is 16.4 Å². The van der Waals surface area contributed by atoms with Gasteiger partial charge in [-0.3, -0.25) is 14.2 Å². The minimum absolute atomic E-state index is 0.0522. The Bertz CT molecular complexity index is 1540. The Labute approximate surface area is 223 Å². The number of nitrogens with one attached hydrogen (secondary N) is 2. The zero-order chi connectivity index (χ0) is 28.2. The quantitative estimate of drug-likeness (QED) is 0.151. The van der Waals surface area contributed by atoms with Crippen molar-refractivity contribution in [1.29, 1.82) is 0 Å². The fourth-order valence-corrected chi connectivity index (χ4v) is 4.24. The van der Waals surface area contributed by atoms with Crippen molar-refractivity contribution in [1.82, 2.24) is 4.57 Å². The number of urea groups is 1. The number of benzene rings is 3. The van der Waals surface area contributed by atoms with Crippen LogP contribution in [0.4, 0.5) is 33.7 Å². The molecule has 1 aromatic heterocycles. The van der Waals surface area contributed by atoms with Gasteiger partial charge in [-0.2, -0.15) is 13.2 Å². The molecule has 1 heterocycles. The molecule has 0 saturated carbocycles. The first kappa shape index (κ1) is 27.7. The highest BCUT2D eigenvalue weighted by Crippen LogP contribution is 2.37. The molecule has 2 amide bonds. The molecule has 0 atom stereocenters. The van der Waals surface area contributed by atoms with E-state index in [1.54, 1.807) is 18.2 Å². The zero-order valence-corrected chi connectivity index (χ0v) is 20.7. The first-order chi connectivity index (χ1) is 18.5. The molecular formula is C26H20F4N4O4S. The van der Waals surface area contributed by atoms with Gasteiger partial charge in [0.15, 0.2) is 0 Å². The molecule has 0 bridgehead atoms. The lowest BCUT2D eigenvalue weighted by molar-refractivity contribution is -0.143. The Kier molecular flexibility index (Phi) is 8.21. The summed E-state index contributed by atoms with van der Waals surface area (Å²) in [5.41, 5.74) is 2.04. The van der Waals surface area contributed by atoms with Crippen LogP contribution in [0, 0.1) is 5.82 Å². The SMILES string of the molecule is NCC(=O)OCc1ccccc1C(=O)n1cc(NC(=O)Nc2ccc(SC(F)(F)F)cc2)c2cc(F)ccc21. The van der Waals surface area contributed by atoms with E-state index in [0.717, 1.165) is 12.1 Å². The van der Waals surface area contributed by atoms with Crippen molar-refractivity contribution in [2.75, 3.05) is 17.2 Å². The zero-order valence-electron chi connectivity index (χ0n) is 19.9. The van der Waals surface area contributed by atoms with E-state index in [9.17, 15) is 31.9 Å². The van der Waals surface area contributed by atoms with Crippen molar-refractivity contribution >= 4 is 51.9 Å². The predicted octanol–water partition coefficient (Wildman–Crippen LogP) is 5.73. The van der Waals surface area contributed by atoms with Crippen molar-refractivity contribution in [3.05, 3.63) is 89.9 Å². The highest BCUT2D eigenvalue weighted by atomic mass is 32.2. The number of esters is 1. The van der Waals surface area contributed by atoms with Gasteiger partial charge in [-0.25, -0.2) is 9.18 Å². The Morgan fingerprint density at radius 1 is 0.974 bits per heavy atom. The van der Waals surface area contributed by atoms with E-state index in [-0.39, 0.29) is 52.1 Å². The van der Waals surface area contributed by atoms with E-state index >= 15 is 0 Å². The van der Waals surface area contributed by atoms with E-state index in [0.29, 0.717) is 11.1 Å². The Balaban J connectivity index is 1.58. The summed E-state index contributed by atoms with van der Waals surface area (Å²) in [5.74, 6) is -1.79. The first-order valence-corrected chi connectivity index (χ1v) is 12.1. The third-order valence-corrected chi connectivity index (χ3v) is 6.12. The molecule has 0 aliphatic heterocycles. The molecule has 8 nitrogen and oxygen atoms in total. The molecule has 13 heteroatoms. The summed E-state index contributed by atoms with van der Waals surface area (Å²) in [5, 5.41) is 5.25. The van der Waals surface area contributed by atoms with Gasteiger partial charge in [-0.05, 0) is 60.3 Å². The summed E-state index contributed by atoms with van der Waals surface area (Å²) in [4.78, 5) is 37.6. The number of nitrogens with two attached hydrogens (primary N) is 1. The number of thioether (sulfide) groups is 1. The van der Waals surface area contributed by atoms with E-state index in [1.807, 2.05) is 0 Å². The second kappa shape index (κ2) is 11.6. The van der Waals surface area contributed by atoms with E-state index in [2.05, 4.69) is 10.6 Å². The maximum Gasteiger partial charge on any atom is 0.446 e. The minimum atomic E-state index is -4.44. The smallest absolute Gasteiger partial charge is 0.446 e. The van der Waals surface area contributed by atoms with Gasteiger partial charge in [0.1, 0.15) is 12.4 Å². The number of halogens is 4.